The van der Waals surface area contributed by atoms with Crippen molar-refractivity contribution in [3.63, 3.8) is 0 Å². The van der Waals surface area contributed by atoms with E-state index in [1.165, 1.54) is 0 Å². The summed E-state index contributed by atoms with van der Waals surface area (Å²) >= 11 is 5.20. The van der Waals surface area contributed by atoms with Crippen molar-refractivity contribution in [1.82, 2.24) is 4.98 Å². The van der Waals surface area contributed by atoms with Gasteiger partial charge in [-0.2, -0.15) is 5.26 Å². The van der Waals surface area contributed by atoms with Gasteiger partial charge in [-0.15, -0.1) is 11.3 Å². The second-order valence-corrected chi connectivity index (χ2v) is 8.84. The van der Waals surface area contributed by atoms with Gasteiger partial charge < -0.3 is 9.47 Å². The molecule has 4 nitrogen and oxygen atoms in total. The Morgan fingerprint density at radius 1 is 1.07 bits per heavy atom. The van der Waals surface area contributed by atoms with Gasteiger partial charge in [-0.05, 0) is 77.8 Å². The second-order valence-electron chi connectivity index (χ2n) is 6.32. The summed E-state index contributed by atoms with van der Waals surface area (Å²) in [6.45, 7) is 4.14. The van der Waals surface area contributed by atoms with Gasteiger partial charge in [0.15, 0.2) is 0 Å². The zero-order valence-corrected chi connectivity index (χ0v) is 18.2. The number of unbranched alkanes of at least 4 members (excludes halogenated alkanes) is 1. The number of hydrogen-bond donors (Lipinski definition) is 0. The maximum atomic E-state index is 8.92. The van der Waals surface area contributed by atoms with Crippen LogP contribution in [0.4, 0.5) is 0 Å². The molecule has 2 aromatic carbocycles. The number of benzene rings is 2. The molecular formula is C22H21BrN2O2S. The summed E-state index contributed by atoms with van der Waals surface area (Å²) in [6.07, 6.45) is 2.47. The van der Waals surface area contributed by atoms with Crippen molar-refractivity contribution in [2.75, 3.05) is 0 Å². The maximum absolute atomic E-state index is 8.92. The predicted octanol–water partition coefficient (Wildman–Crippen LogP) is 6.73. The fourth-order valence-corrected chi connectivity index (χ4v) is 4.37. The van der Waals surface area contributed by atoms with Gasteiger partial charge in [-0.25, -0.2) is 4.98 Å². The molecule has 144 valence electrons. The summed E-state index contributed by atoms with van der Waals surface area (Å²) in [5.41, 5.74) is 2.60. The van der Waals surface area contributed by atoms with E-state index in [0.717, 1.165) is 45.1 Å². The quantitative estimate of drug-likeness (QED) is 0.352. The van der Waals surface area contributed by atoms with Crippen molar-refractivity contribution in [2.24, 2.45) is 0 Å². The highest BCUT2D eigenvalue weighted by atomic mass is 79.9. The number of halogens is 1. The zero-order chi connectivity index (χ0) is 19.9. The minimum atomic E-state index is -0.382. The molecule has 0 aliphatic carbocycles. The van der Waals surface area contributed by atoms with Crippen LogP contribution in [0.25, 0.3) is 11.3 Å². The maximum Gasteiger partial charge on any atom is 0.241 e. The molecule has 0 spiro atoms. The average Bonchev–Trinajstić information content (AvgIpc) is 3.05. The van der Waals surface area contributed by atoms with E-state index in [1.807, 2.05) is 31.2 Å². The molecule has 0 saturated heterocycles. The molecule has 0 aliphatic heterocycles. The fraction of sp³-hybridized carbons (Fsp3) is 0.273. The third kappa shape index (κ3) is 5.34. The first-order valence-electron chi connectivity index (χ1n) is 9.16. The molecule has 0 aliphatic rings. The normalized spacial score (nSPS) is 11.6. The topological polar surface area (TPSA) is 55.1 Å². The molecular weight excluding hydrogens is 436 g/mol. The van der Waals surface area contributed by atoms with E-state index in [4.69, 9.17) is 14.7 Å². The summed E-state index contributed by atoms with van der Waals surface area (Å²) in [6, 6.07) is 17.1. The Kier molecular flexibility index (Phi) is 7.07. The highest BCUT2D eigenvalue weighted by molar-refractivity contribution is 9.11. The number of thiazole rings is 1. The van der Waals surface area contributed by atoms with Gasteiger partial charge in [0.1, 0.15) is 11.5 Å². The molecule has 1 unspecified atom stereocenters. The molecule has 1 atom stereocenters. The molecule has 3 aromatic rings. The monoisotopic (exact) mass is 456 g/mol. The number of rotatable bonds is 8. The van der Waals surface area contributed by atoms with Crippen LogP contribution in [0, 0.1) is 18.3 Å². The minimum Gasteiger partial charge on any atom is -0.455 e. The third-order valence-corrected chi connectivity index (χ3v) is 5.75. The van der Waals surface area contributed by atoms with E-state index in [1.54, 1.807) is 35.6 Å². The van der Waals surface area contributed by atoms with E-state index in [9.17, 15) is 0 Å². The molecule has 0 radical (unpaired) electrons. The Hall–Kier alpha value is -2.36. The highest BCUT2D eigenvalue weighted by Gasteiger charge is 2.14. The van der Waals surface area contributed by atoms with Crippen LogP contribution in [-0.2, 0) is 0 Å². The van der Waals surface area contributed by atoms with Crippen molar-refractivity contribution in [3.05, 3.63) is 62.9 Å². The molecule has 0 amide bonds. The van der Waals surface area contributed by atoms with Crippen LogP contribution < -0.4 is 9.47 Å². The molecule has 0 bridgehead atoms. The lowest BCUT2D eigenvalue weighted by atomic mass is 10.2. The first-order valence-corrected chi connectivity index (χ1v) is 10.8. The van der Waals surface area contributed by atoms with Crippen LogP contribution in [0.1, 0.15) is 36.8 Å². The van der Waals surface area contributed by atoms with Crippen LogP contribution in [0.5, 0.6) is 11.5 Å². The van der Waals surface area contributed by atoms with E-state index in [0.29, 0.717) is 11.3 Å². The number of hydrogen-bond acceptors (Lipinski definition) is 5. The van der Waals surface area contributed by atoms with E-state index < -0.39 is 0 Å². The lowest BCUT2D eigenvalue weighted by Crippen LogP contribution is -2.23. The number of nitrogens with zero attached hydrogens (tertiary/aromatic N) is 2. The van der Waals surface area contributed by atoms with Gasteiger partial charge in [0.25, 0.3) is 0 Å². The molecule has 0 fully saturated rings. The lowest BCUT2D eigenvalue weighted by Gasteiger charge is -2.20. The number of ether oxygens (including phenoxy) is 2. The Morgan fingerprint density at radius 3 is 2.18 bits per heavy atom. The van der Waals surface area contributed by atoms with Gasteiger partial charge in [-0.3, -0.25) is 0 Å². The Bertz CT molecular complexity index is 946. The summed E-state index contributed by atoms with van der Waals surface area (Å²) in [5.74, 6) is 1.44. The Labute approximate surface area is 177 Å². The molecule has 6 heteroatoms. The molecule has 1 aromatic heterocycles. The average molecular weight is 457 g/mol. The van der Waals surface area contributed by atoms with E-state index in [2.05, 4.69) is 33.9 Å². The van der Waals surface area contributed by atoms with Gasteiger partial charge >= 0.3 is 0 Å². The Morgan fingerprint density at radius 2 is 1.68 bits per heavy atom. The minimum absolute atomic E-state index is 0.382. The number of nitriles is 1. The molecule has 3 rings (SSSR count). The highest BCUT2D eigenvalue weighted by Crippen LogP contribution is 2.33. The molecule has 28 heavy (non-hydrogen) atoms. The number of aromatic nitrogens is 1. The zero-order valence-electron chi connectivity index (χ0n) is 15.8. The lowest BCUT2D eigenvalue weighted by molar-refractivity contribution is -0.00211. The fourth-order valence-electron chi connectivity index (χ4n) is 2.70. The van der Waals surface area contributed by atoms with Crippen molar-refractivity contribution >= 4 is 27.3 Å². The summed E-state index contributed by atoms with van der Waals surface area (Å²) in [4.78, 5) is 4.56. The second kappa shape index (κ2) is 9.72. The van der Waals surface area contributed by atoms with Crippen molar-refractivity contribution in [3.8, 4) is 28.8 Å². The predicted molar refractivity (Wildman–Crippen MR) is 116 cm³/mol. The van der Waals surface area contributed by atoms with Gasteiger partial charge in [0.05, 0.1) is 26.1 Å². The molecule has 1 heterocycles. The Balaban J connectivity index is 1.71. The summed E-state index contributed by atoms with van der Waals surface area (Å²) in [5, 5.41) is 9.95. The van der Waals surface area contributed by atoms with Crippen LogP contribution in [-0.4, -0.2) is 11.3 Å². The summed E-state index contributed by atoms with van der Waals surface area (Å²) in [7, 11) is 0. The first kappa shape index (κ1) is 20.4. The van der Waals surface area contributed by atoms with Crippen LogP contribution in [0.2, 0.25) is 0 Å². The van der Waals surface area contributed by atoms with Crippen molar-refractivity contribution < 1.29 is 9.47 Å². The van der Waals surface area contributed by atoms with E-state index >= 15 is 0 Å². The smallest absolute Gasteiger partial charge is 0.241 e. The van der Waals surface area contributed by atoms with E-state index in [-0.39, 0.29) is 6.29 Å². The first-order chi connectivity index (χ1) is 13.6. The third-order valence-electron chi connectivity index (χ3n) is 4.13. The van der Waals surface area contributed by atoms with Crippen molar-refractivity contribution in [2.45, 2.75) is 39.4 Å². The van der Waals surface area contributed by atoms with Crippen LogP contribution >= 0.6 is 27.3 Å². The summed E-state index contributed by atoms with van der Waals surface area (Å²) < 4.78 is 13.1. The molecule has 0 N–H and O–H groups in total. The van der Waals surface area contributed by atoms with Crippen molar-refractivity contribution in [1.29, 1.82) is 5.26 Å². The largest absolute Gasteiger partial charge is 0.455 e. The molecule has 0 saturated carbocycles. The van der Waals surface area contributed by atoms with Gasteiger partial charge in [0.2, 0.25) is 6.29 Å². The SMILES string of the molecule is CCCCC(Oc1ccc(C#N)cc1)Oc1ccc(-c2nc(C)sc2Br)cc1. The van der Waals surface area contributed by atoms with Gasteiger partial charge in [-0.1, -0.05) is 13.3 Å². The number of aryl methyl sites for hydroxylation is 1. The standard InChI is InChI=1S/C22H21BrN2O2S/c1-3-4-5-20(26-18-10-6-16(14-24)7-11-18)27-19-12-8-17(9-13-19)21-22(23)28-15(2)25-21/h6-13,20H,3-5H2,1-2H3. The van der Waals surface area contributed by atoms with Gasteiger partial charge in [0, 0.05) is 12.0 Å². The van der Waals surface area contributed by atoms with Crippen LogP contribution in [0.3, 0.4) is 0 Å². The van der Waals surface area contributed by atoms with Crippen LogP contribution in [0.15, 0.2) is 52.3 Å².